The van der Waals surface area contributed by atoms with E-state index in [0.29, 0.717) is 12.0 Å². The van der Waals surface area contributed by atoms with Crippen molar-refractivity contribution in [3.05, 3.63) is 27.7 Å². The van der Waals surface area contributed by atoms with E-state index in [1.54, 1.807) is 7.11 Å². The molecule has 0 amide bonds. The molecule has 0 radical (unpaired) electrons. The summed E-state index contributed by atoms with van der Waals surface area (Å²) < 4.78 is 12.3. The van der Waals surface area contributed by atoms with Gasteiger partial charge in [-0.15, -0.1) is 0 Å². The Labute approximate surface area is 125 Å². The Hall–Kier alpha value is -0.0600. The first-order valence-corrected chi connectivity index (χ1v) is 7.83. The number of rotatable bonds is 3. The van der Waals surface area contributed by atoms with Gasteiger partial charge >= 0.3 is 0 Å². The van der Waals surface area contributed by atoms with E-state index < -0.39 is 0 Å². The lowest BCUT2D eigenvalue weighted by Crippen LogP contribution is -2.09. The van der Waals surface area contributed by atoms with Gasteiger partial charge in [0.05, 0.1) is 19.8 Å². The highest BCUT2D eigenvalue weighted by Crippen LogP contribution is 2.43. The van der Waals surface area contributed by atoms with Crippen LogP contribution in [0, 0.1) is 12.8 Å². The van der Waals surface area contributed by atoms with Crippen molar-refractivity contribution in [1.82, 2.24) is 0 Å². The number of benzene rings is 1. The molecule has 3 atom stereocenters. The maximum absolute atomic E-state index is 5.65. The third-order valence-electron chi connectivity index (χ3n) is 3.45. The number of alkyl halides is 1. The van der Waals surface area contributed by atoms with Gasteiger partial charge < -0.3 is 9.47 Å². The average Bonchev–Trinajstić information content (AvgIpc) is 2.78. The fourth-order valence-electron chi connectivity index (χ4n) is 2.37. The Morgan fingerprint density at radius 2 is 2.17 bits per heavy atom. The molecule has 1 heterocycles. The zero-order chi connectivity index (χ0) is 13.3. The Morgan fingerprint density at radius 1 is 1.44 bits per heavy atom. The molecule has 2 nitrogen and oxygen atoms in total. The van der Waals surface area contributed by atoms with Crippen LogP contribution in [0.1, 0.15) is 29.3 Å². The van der Waals surface area contributed by atoms with Gasteiger partial charge in [0.15, 0.2) is 0 Å². The molecule has 0 N–H and O–H groups in total. The molecule has 4 heteroatoms. The third-order valence-corrected chi connectivity index (χ3v) is 5.55. The van der Waals surface area contributed by atoms with Crippen molar-refractivity contribution in [2.24, 2.45) is 5.92 Å². The molecule has 0 aliphatic carbocycles. The number of methoxy groups -OCH3 is 1. The van der Waals surface area contributed by atoms with Crippen LogP contribution in [-0.4, -0.2) is 19.8 Å². The lowest BCUT2D eigenvalue weighted by Gasteiger charge is -2.20. The summed E-state index contributed by atoms with van der Waals surface area (Å²) in [6.07, 6.45) is 1.44. The molecule has 2 rings (SSSR count). The van der Waals surface area contributed by atoms with Crippen LogP contribution >= 0.6 is 31.9 Å². The first kappa shape index (κ1) is 14.4. The second kappa shape index (κ2) is 5.93. The second-order valence-corrected chi connectivity index (χ2v) is 6.73. The quantitative estimate of drug-likeness (QED) is 0.715. The molecule has 1 aliphatic heterocycles. The number of aryl methyl sites for hydroxylation is 1. The van der Waals surface area contributed by atoms with Crippen molar-refractivity contribution in [2.45, 2.75) is 31.2 Å². The summed E-state index contributed by atoms with van der Waals surface area (Å²) in [4.78, 5) is 0.272. The van der Waals surface area contributed by atoms with Crippen LogP contribution in [0.25, 0.3) is 0 Å². The van der Waals surface area contributed by atoms with Gasteiger partial charge in [0, 0.05) is 20.8 Å². The van der Waals surface area contributed by atoms with Gasteiger partial charge in [-0.05, 0) is 38.0 Å². The second-order valence-electron chi connectivity index (χ2n) is 4.88. The van der Waals surface area contributed by atoms with Gasteiger partial charge in [0.2, 0.25) is 0 Å². The van der Waals surface area contributed by atoms with E-state index in [2.05, 4.69) is 57.8 Å². The Kier molecular flexibility index (Phi) is 4.73. The number of hydrogen-bond donors (Lipinski definition) is 0. The van der Waals surface area contributed by atoms with E-state index >= 15 is 0 Å². The zero-order valence-corrected chi connectivity index (χ0v) is 14.0. The van der Waals surface area contributed by atoms with E-state index in [1.165, 1.54) is 11.1 Å². The highest BCUT2D eigenvalue weighted by molar-refractivity contribution is 9.10. The predicted molar refractivity (Wildman–Crippen MR) is 80.6 cm³/mol. The van der Waals surface area contributed by atoms with Gasteiger partial charge in [0.1, 0.15) is 5.75 Å². The molecule has 0 bridgehead atoms. The van der Waals surface area contributed by atoms with Crippen LogP contribution in [0.5, 0.6) is 5.75 Å². The van der Waals surface area contributed by atoms with Crippen molar-refractivity contribution in [2.75, 3.05) is 13.7 Å². The summed E-state index contributed by atoms with van der Waals surface area (Å²) in [6, 6.07) is 4.23. The highest BCUT2D eigenvalue weighted by Gasteiger charge is 2.30. The van der Waals surface area contributed by atoms with E-state index in [-0.39, 0.29) is 4.83 Å². The summed E-state index contributed by atoms with van der Waals surface area (Å²) in [5, 5.41) is 0. The van der Waals surface area contributed by atoms with E-state index in [1.807, 2.05) is 0 Å². The first-order chi connectivity index (χ1) is 8.52. The van der Waals surface area contributed by atoms with Crippen LogP contribution in [0.15, 0.2) is 16.6 Å². The normalized spacial score (nSPS) is 25.2. The predicted octanol–water partition coefficient (Wildman–Crippen LogP) is 4.63. The van der Waals surface area contributed by atoms with E-state index in [4.69, 9.17) is 9.47 Å². The van der Waals surface area contributed by atoms with Crippen LogP contribution in [0.2, 0.25) is 0 Å². The standard InChI is InChI=1S/C14H18Br2O2/c1-8-4-13(17-3)11(6-12(8)15)14(16)10-5-9(2)18-7-10/h4,6,9-10,14H,5,7H2,1-3H3. The lowest BCUT2D eigenvalue weighted by molar-refractivity contribution is 0.120. The van der Waals surface area contributed by atoms with E-state index in [9.17, 15) is 0 Å². The van der Waals surface area contributed by atoms with Crippen LogP contribution in [0.4, 0.5) is 0 Å². The molecule has 1 saturated heterocycles. The monoisotopic (exact) mass is 376 g/mol. The van der Waals surface area contributed by atoms with Crippen molar-refractivity contribution in [3.63, 3.8) is 0 Å². The molecule has 0 spiro atoms. The molecule has 3 unspecified atom stereocenters. The number of halogens is 2. The summed E-state index contributed by atoms with van der Waals surface area (Å²) in [6.45, 7) is 5.01. The molecule has 1 fully saturated rings. The summed E-state index contributed by atoms with van der Waals surface area (Å²) in [5.74, 6) is 1.45. The average molecular weight is 378 g/mol. The molecule has 100 valence electrons. The minimum atomic E-state index is 0.272. The maximum atomic E-state index is 5.65. The topological polar surface area (TPSA) is 18.5 Å². The van der Waals surface area contributed by atoms with Crippen molar-refractivity contribution < 1.29 is 9.47 Å². The number of ether oxygens (including phenoxy) is 2. The summed E-state index contributed by atoms with van der Waals surface area (Å²) in [5.41, 5.74) is 2.38. The summed E-state index contributed by atoms with van der Waals surface area (Å²) in [7, 11) is 1.72. The van der Waals surface area contributed by atoms with Gasteiger partial charge in [-0.2, -0.15) is 0 Å². The molecule has 1 aliphatic rings. The highest BCUT2D eigenvalue weighted by atomic mass is 79.9. The van der Waals surface area contributed by atoms with E-state index in [0.717, 1.165) is 23.2 Å². The van der Waals surface area contributed by atoms with Crippen molar-refractivity contribution in [3.8, 4) is 5.75 Å². The molecule has 0 aromatic heterocycles. The van der Waals surface area contributed by atoms with Gasteiger partial charge in [-0.1, -0.05) is 31.9 Å². The smallest absolute Gasteiger partial charge is 0.123 e. The molecular weight excluding hydrogens is 360 g/mol. The molecule has 0 saturated carbocycles. The molecule has 18 heavy (non-hydrogen) atoms. The maximum Gasteiger partial charge on any atom is 0.123 e. The Bertz CT molecular complexity index is 434. The van der Waals surface area contributed by atoms with Gasteiger partial charge in [0.25, 0.3) is 0 Å². The third kappa shape index (κ3) is 2.91. The fraction of sp³-hybridized carbons (Fsp3) is 0.571. The minimum absolute atomic E-state index is 0.272. The van der Waals surface area contributed by atoms with Gasteiger partial charge in [-0.3, -0.25) is 0 Å². The van der Waals surface area contributed by atoms with Crippen LogP contribution in [-0.2, 0) is 4.74 Å². The van der Waals surface area contributed by atoms with Crippen LogP contribution < -0.4 is 4.74 Å². The largest absolute Gasteiger partial charge is 0.496 e. The zero-order valence-electron chi connectivity index (χ0n) is 10.9. The fourth-order valence-corrected chi connectivity index (χ4v) is 3.46. The van der Waals surface area contributed by atoms with Crippen molar-refractivity contribution in [1.29, 1.82) is 0 Å². The minimum Gasteiger partial charge on any atom is -0.496 e. The molecular formula is C14H18Br2O2. The Balaban J connectivity index is 2.29. The van der Waals surface area contributed by atoms with Crippen LogP contribution in [0.3, 0.4) is 0 Å². The molecule has 1 aromatic carbocycles. The first-order valence-electron chi connectivity index (χ1n) is 6.12. The van der Waals surface area contributed by atoms with Gasteiger partial charge in [-0.25, -0.2) is 0 Å². The number of hydrogen-bond acceptors (Lipinski definition) is 2. The Morgan fingerprint density at radius 3 is 2.72 bits per heavy atom. The van der Waals surface area contributed by atoms with Crippen molar-refractivity contribution >= 4 is 31.9 Å². The molecule has 1 aromatic rings. The SMILES string of the molecule is COc1cc(C)c(Br)cc1C(Br)C1COC(C)C1. The lowest BCUT2D eigenvalue weighted by atomic mass is 9.95. The summed E-state index contributed by atoms with van der Waals surface area (Å²) >= 11 is 7.40.